The first-order valence-electron chi connectivity index (χ1n) is 7.00. The highest BCUT2D eigenvalue weighted by atomic mass is 16.5. The molecule has 4 nitrogen and oxygen atoms in total. The van der Waals surface area contributed by atoms with E-state index in [1.807, 2.05) is 50.2 Å². The van der Waals surface area contributed by atoms with E-state index >= 15 is 0 Å². The predicted molar refractivity (Wildman–Crippen MR) is 85.0 cm³/mol. The van der Waals surface area contributed by atoms with Gasteiger partial charge in [-0.05, 0) is 61.4 Å². The molecule has 1 aromatic heterocycles. The van der Waals surface area contributed by atoms with Gasteiger partial charge in [-0.15, -0.1) is 0 Å². The van der Waals surface area contributed by atoms with Gasteiger partial charge in [-0.1, -0.05) is 5.16 Å². The molecule has 0 amide bonds. The maximum absolute atomic E-state index is 9.31. The zero-order chi connectivity index (χ0) is 15.7. The maximum Gasteiger partial charge on any atom is 0.137 e. The highest BCUT2D eigenvalue weighted by molar-refractivity contribution is 5.80. The Morgan fingerprint density at radius 2 is 1.68 bits per heavy atom. The quantitative estimate of drug-likeness (QED) is 0.574. The molecule has 0 saturated heterocycles. The van der Waals surface area contributed by atoms with Gasteiger partial charge < -0.3 is 14.4 Å². The van der Waals surface area contributed by atoms with Gasteiger partial charge in [-0.3, -0.25) is 0 Å². The average Bonchev–Trinajstić information content (AvgIpc) is 2.55. The fourth-order valence-corrected chi connectivity index (χ4v) is 2.40. The Kier molecular flexibility index (Phi) is 3.59. The van der Waals surface area contributed by atoms with Crippen LogP contribution >= 0.6 is 0 Å². The van der Waals surface area contributed by atoms with Crippen molar-refractivity contribution in [1.82, 2.24) is 0 Å². The third-order valence-electron chi connectivity index (χ3n) is 3.84. The summed E-state index contributed by atoms with van der Waals surface area (Å²) in [6.07, 6.45) is 0. The molecule has 0 saturated carbocycles. The van der Waals surface area contributed by atoms with Crippen molar-refractivity contribution in [3.8, 4) is 17.1 Å². The molecule has 4 heteroatoms. The molecule has 0 bridgehead atoms. The Morgan fingerprint density at radius 3 is 2.32 bits per heavy atom. The molecular formula is C18H17NO3. The van der Waals surface area contributed by atoms with Gasteiger partial charge in [-0.25, -0.2) is 0 Å². The van der Waals surface area contributed by atoms with Crippen LogP contribution in [0.1, 0.15) is 11.1 Å². The molecule has 0 aliphatic heterocycles. The first-order valence-corrected chi connectivity index (χ1v) is 7.00. The smallest absolute Gasteiger partial charge is 0.137 e. The Bertz CT molecular complexity index is 893. The van der Waals surface area contributed by atoms with Crippen molar-refractivity contribution in [2.75, 3.05) is 7.11 Å². The van der Waals surface area contributed by atoms with E-state index < -0.39 is 0 Å². The first kappa shape index (κ1) is 14.2. The fraction of sp³-hybridized carbons (Fsp3) is 0.167. The Hall–Kier alpha value is -2.75. The molecule has 0 spiro atoms. The van der Waals surface area contributed by atoms with Crippen LogP contribution in [0.2, 0.25) is 0 Å². The van der Waals surface area contributed by atoms with Crippen LogP contribution in [0.5, 0.6) is 5.75 Å². The van der Waals surface area contributed by atoms with Crippen LogP contribution in [-0.4, -0.2) is 12.3 Å². The van der Waals surface area contributed by atoms with Crippen molar-refractivity contribution < 1.29 is 14.4 Å². The van der Waals surface area contributed by atoms with Crippen LogP contribution < -0.4 is 10.1 Å². The number of methoxy groups -OCH3 is 1. The molecule has 0 aliphatic carbocycles. The van der Waals surface area contributed by atoms with E-state index in [2.05, 4.69) is 5.16 Å². The number of fused-ring (bicyclic) bond motifs is 1. The summed E-state index contributed by atoms with van der Waals surface area (Å²) in [6.45, 7) is 4.05. The van der Waals surface area contributed by atoms with Crippen LogP contribution in [0.3, 0.4) is 0 Å². The molecule has 0 unspecified atom stereocenters. The minimum Gasteiger partial charge on any atom is -0.497 e. The Balaban J connectivity index is 2.24. The summed E-state index contributed by atoms with van der Waals surface area (Å²) in [5, 5.41) is 14.0. The van der Waals surface area contributed by atoms with E-state index in [-0.39, 0.29) is 0 Å². The molecule has 0 aliphatic rings. The van der Waals surface area contributed by atoms with E-state index in [1.165, 1.54) is 0 Å². The van der Waals surface area contributed by atoms with Crippen LogP contribution in [-0.2, 0) is 0 Å². The summed E-state index contributed by atoms with van der Waals surface area (Å²) >= 11 is 0. The fourth-order valence-electron chi connectivity index (χ4n) is 2.40. The molecule has 0 atom stereocenters. The summed E-state index contributed by atoms with van der Waals surface area (Å²) in [5.41, 5.74) is 3.85. The van der Waals surface area contributed by atoms with Crippen molar-refractivity contribution in [3.63, 3.8) is 0 Å². The summed E-state index contributed by atoms with van der Waals surface area (Å²) in [7, 11) is 1.63. The van der Waals surface area contributed by atoms with Crippen molar-refractivity contribution in [2.24, 2.45) is 5.16 Å². The summed E-state index contributed by atoms with van der Waals surface area (Å²) < 4.78 is 11.1. The molecular weight excluding hydrogens is 278 g/mol. The second-order valence-electron chi connectivity index (χ2n) is 5.26. The van der Waals surface area contributed by atoms with Gasteiger partial charge in [0.05, 0.1) is 7.11 Å². The van der Waals surface area contributed by atoms with Gasteiger partial charge in [-0.2, -0.15) is 0 Å². The number of nitrogens with zero attached hydrogens (tertiary/aromatic N) is 1. The summed E-state index contributed by atoms with van der Waals surface area (Å²) in [4.78, 5) is 0. The van der Waals surface area contributed by atoms with E-state index in [9.17, 15) is 5.21 Å². The third kappa shape index (κ3) is 2.44. The Labute approximate surface area is 128 Å². The lowest BCUT2D eigenvalue weighted by atomic mass is 10.1. The molecule has 3 rings (SSSR count). The molecule has 0 radical (unpaired) electrons. The van der Waals surface area contributed by atoms with E-state index in [4.69, 9.17) is 9.15 Å². The molecule has 22 heavy (non-hydrogen) atoms. The van der Waals surface area contributed by atoms with Crippen LogP contribution in [0.25, 0.3) is 22.3 Å². The number of aryl methyl sites for hydroxylation is 2. The number of ether oxygens (including phenoxy) is 1. The lowest BCUT2D eigenvalue weighted by Crippen LogP contribution is -2.04. The van der Waals surface area contributed by atoms with Crippen LogP contribution in [0, 0.1) is 13.8 Å². The minimum absolute atomic E-state index is 0.496. The highest BCUT2D eigenvalue weighted by Crippen LogP contribution is 2.25. The van der Waals surface area contributed by atoms with Gasteiger partial charge in [0, 0.05) is 17.0 Å². The zero-order valence-corrected chi connectivity index (χ0v) is 12.8. The van der Waals surface area contributed by atoms with Crippen LogP contribution in [0.4, 0.5) is 0 Å². The van der Waals surface area contributed by atoms with Crippen molar-refractivity contribution in [2.45, 2.75) is 13.8 Å². The molecule has 2 aromatic carbocycles. The third-order valence-corrected chi connectivity index (χ3v) is 3.84. The molecule has 112 valence electrons. The lowest BCUT2D eigenvalue weighted by Gasteiger charge is -2.07. The predicted octanol–water partition coefficient (Wildman–Crippen LogP) is 4.02. The van der Waals surface area contributed by atoms with Crippen molar-refractivity contribution in [3.05, 3.63) is 58.9 Å². The SMILES string of the molecule is COc1ccc(-c2c/c(=N\O)c3cc(C)c(C)cc3o2)cc1. The lowest BCUT2D eigenvalue weighted by molar-refractivity contribution is 0.302. The number of hydrogen-bond donors (Lipinski definition) is 1. The van der Waals surface area contributed by atoms with Gasteiger partial charge in [0.25, 0.3) is 0 Å². The Morgan fingerprint density at radius 1 is 1.00 bits per heavy atom. The maximum atomic E-state index is 9.31. The molecule has 1 N–H and O–H groups in total. The molecule has 1 heterocycles. The average molecular weight is 295 g/mol. The van der Waals surface area contributed by atoms with Crippen LogP contribution in [0.15, 0.2) is 52.0 Å². The van der Waals surface area contributed by atoms with E-state index in [0.29, 0.717) is 16.7 Å². The molecule has 0 fully saturated rings. The summed E-state index contributed by atoms with van der Waals surface area (Å²) in [6, 6.07) is 13.2. The largest absolute Gasteiger partial charge is 0.497 e. The zero-order valence-electron chi connectivity index (χ0n) is 12.8. The second kappa shape index (κ2) is 5.56. The van der Waals surface area contributed by atoms with Crippen molar-refractivity contribution >= 4 is 11.0 Å². The second-order valence-corrected chi connectivity index (χ2v) is 5.26. The van der Waals surface area contributed by atoms with Gasteiger partial charge in [0.2, 0.25) is 0 Å². The molecule has 3 aromatic rings. The van der Waals surface area contributed by atoms with Gasteiger partial charge >= 0.3 is 0 Å². The first-order chi connectivity index (χ1) is 10.6. The summed E-state index contributed by atoms with van der Waals surface area (Å²) in [5.74, 6) is 1.43. The van der Waals surface area contributed by atoms with Crippen molar-refractivity contribution in [1.29, 1.82) is 0 Å². The topological polar surface area (TPSA) is 55.0 Å². The minimum atomic E-state index is 0.496. The van der Waals surface area contributed by atoms with Gasteiger partial charge in [0.15, 0.2) is 0 Å². The number of rotatable bonds is 2. The standard InChI is InChI=1S/C18H17NO3/c1-11-8-15-16(19-20)10-17(22-18(15)9-12(11)2)13-4-6-14(21-3)7-5-13/h4-10,20H,1-3H3/b19-16+. The normalized spacial score (nSPS) is 11.9. The van der Waals surface area contributed by atoms with Gasteiger partial charge in [0.1, 0.15) is 22.5 Å². The number of benzene rings is 2. The monoisotopic (exact) mass is 295 g/mol. The number of hydrogen-bond acceptors (Lipinski definition) is 4. The van der Waals surface area contributed by atoms with E-state index in [0.717, 1.165) is 27.8 Å². The highest BCUT2D eigenvalue weighted by Gasteiger charge is 2.08. The van der Waals surface area contributed by atoms with E-state index in [1.54, 1.807) is 13.2 Å².